The number of benzene rings is 2. The van der Waals surface area contributed by atoms with Gasteiger partial charge in [0.2, 0.25) is 5.91 Å². The number of fused-ring (bicyclic) bond motifs is 1. The van der Waals surface area contributed by atoms with Gasteiger partial charge in [-0.25, -0.2) is 0 Å². The molecule has 2 aliphatic heterocycles. The van der Waals surface area contributed by atoms with Gasteiger partial charge in [-0.05, 0) is 74.2 Å². The van der Waals surface area contributed by atoms with Crippen molar-refractivity contribution in [2.75, 3.05) is 45.2 Å². The molecule has 1 fully saturated rings. The van der Waals surface area contributed by atoms with Gasteiger partial charge < -0.3 is 31.5 Å². The van der Waals surface area contributed by atoms with E-state index >= 15 is 0 Å². The normalized spacial score (nSPS) is 14.8. The molecule has 0 saturated carbocycles. The Hall–Kier alpha value is -0.364. The van der Waals surface area contributed by atoms with Gasteiger partial charge in [-0.15, -0.1) is 0 Å². The largest absolute Gasteiger partial charge is 1.00 e. The molecule has 9 heteroatoms. The van der Waals surface area contributed by atoms with Gasteiger partial charge in [0.25, 0.3) is 0 Å². The zero-order valence-corrected chi connectivity index (χ0v) is 25.5. The van der Waals surface area contributed by atoms with Crippen molar-refractivity contribution in [1.82, 2.24) is 10.2 Å². The van der Waals surface area contributed by atoms with Crippen molar-refractivity contribution in [1.29, 1.82) is 0 Å². The fraction of sp³-hybridized carbons (Fsp3) is 0.500. The van der Waals surface area contributed by atoms with Gasteiger partial charge >= 0.3 is 51.4 Å². The van der Waals surface area contributed by atoms with Gasteiger partial charge in [0.1, 0.15) is 0 Å². The molecule has 5 N–H and O–H groups in total. The number of nitrogens with two attached hydrogens (primary N) is 1. The van der Waals surface area contributed by atoms with Crippen LogP contribution < -0.4 is 72.9 Å². The molecule has 2 aromatic carbocycles. The molecule has 0 unspecified atom stereocenters. The second-order valence-corrected chi connectivity index (χ2v) is 8.48. The van der Waals surface area contributed by atoms with Crippen LogP contribution in [0.1, 0.15) is 36.5 Å². The summed E-state index contributed by atoms with van der Waals surface area (Å²) in [5, 5.41) is 24.0. The summed E-state index contributed by atoms with van der Waals surface area (Å²) in [5.41, 5.74) is 9.78. The number of aliphatic hydroxyl groups is 1. The topological polar surface area (TPSA) is 114 Å². The maximum Gasteiger partial charge on any atom is 1.00 e. The van der Waals surface area contributed by atoms with E-state index in [-0.39, 0.29) is 69.9 Å². The number of carbonyl (C=O) groups excluding carboxylic acids is 1. The average molecular weight is 531 g/mol. The maximum absolute atomic E-state index is 10.9. The summed E-state index contributed by atoms with van der Waals surface area (Å²) < 4.78 is 0. The van der Waals surface area contributed by atoms with Gasteiger partial charge in [-0.3, -0.25) is 4.79 Å². The number of hydrogen-bond donors (Lipinski definition) is 4. The van der Waals surface area contributed by atoms with E-state index in [4.69, 9.17) is 27.5 Å². The van der Waals surface area contributed by atoms with Crippen LogP contribution in [0.2, 0.25) is 5.02 Å². The predicted molar refractivity (Wildman–Crippen MR) is 139 cm³/mol. The SMILES string of the molecule is CCN1CCC(O)CC1.C[O-].Cc1cc(NC(=O)CN)ccc1Cl.[K+].c1ccc2c(c1)CCNC2. The first kappa shape index (κ1) is 34.6. The number of anilines is 1. The molecule has 2 aromatic rings. The molecule has 2 aliphatic rings. The third-order valence-electron chi connectivity index (χ3n) is 5.64. The fourth-order valence-electron chi connectivity index (χ4n) is 3.59. The first-order valence-corrected chi connectivity index (χ1v) is 12.2. The molecule has 7 nitrogen and oxygen atoms in total. The Labute approximate surface area is 258 Å². The van der Waals surface area contributed by atoms with Gasteiger partial charge in [0.05, 0.1) is 12.6 Å². The van der Waals surface area contributed by atoms with Crippen LogP contribution in [0, 0.1) is 6.92 Å². The zero-order chi connectivity index (χ0) is 25.3. The Kier molecular flexibility index (Phi) is 20.5. The molecule has 0 aromatic heterocycles. The third-order valence-corrected chi connectivity index (χ3v) is 6.06. The molecular weight excluding hydrogens is 491 g/mol. The Balaban J connectivity index is 0.000000479. The van der Waals surface area contributed by atoms with Gasteiger partial charge in [-0.1, -0.05) is 42.8 Å². The molecule has 190 valence electrons. The van der Waals surface area contributed by atoms with E-state index in [0.717, 1.165) is 63.9 Å². The minimum atomic E-state index is -0.207. The Morgan fingerprint density at radius 3 is 2.37 bits per heavy atom. The number of rotatable bonds is 3. The van der Waals surface area contributed by atoms with Crippen molar-refractivity contribution in [3.63, 3.8) is 0 Å². The van der Waals surface area contributed by atoms with Gasteiger partial charge in [-0.2, -0.15) is 7.11 Å². The summed E-state index contributed by atoms with van der Waals surface area (Å²) in [4.78, 5) is 13.3. The van der Waals surface area contributed by atoms with Crippen molar-refractivity contribution in [2.24, 2.45) is 5.73 Å². The molecule has 1 saturated heterocycles. The fourth-order valence-corrected chi connectivity index (χ4v) is 3.71. The second kappa shape index (κ2) is 20.7. The quantitative estimate of drug-likeness (QED) is 0.391. The number of piperidine rings is 1. The number of halogens is 1. The maximum atomic E-state index is 10.9. The Morgan fingerprint density at radius 2 is 1.83 bits per heavy atom. The van der Waals surface area contributed by atoms with E-state index in [1.807, 2.05) is 6.92 Å². The number of aryl methyl sites for hydroxylation is 1. The van der Waals surface area contributed by atoms with Crippen LogP contribution in [0.5, 0.6) is 0 Å². The van der Waals surface area contributed by atoms with Crippen LogP contribution in [0.15, 0.2) is 42.5 Å². The minimum Gasteiger partial charge on any atom is -0.857 e. The first-order valence-electron chi connectivity index (χ1n) is 11.8. The summed E-state index contributed by atoms with van der Waals surface area (Å²) in [6, 6.07) is 13.9. The third kappa shape index (κ3) is 14.2. The van der Waals surface area contributed by atoms with Crippen LogP contribution in [0.25, 0.3) is 0 Å². The van der Waals surface area contributed by atoms with Crippen molar-refractivity contribution in [3.8, 4) is 0 Å². The Bertz CT molecular complexity index is 824. The molecule has 0 aliphatic carbocycles. The number of nitrogens with one attached hydrogen (secondary N) is 2. The van der Waals surface area contributed by atoms with E-state index in [2.05, 4.69) is 46.7 Å². The molecule has 2 heterocycles. The number of carbonyl (C=O) groups is 1. The van der Waals surface area contributed by atoms with Gasteiger partial charge in [0, 0.05) is 30.3 Å². The second-order valence-electron chi connectivity index (χ2n) is 8.08. The number of aliphatic hydroxyl groups excluding tert-OH is 1. The molecule has 0 bridgehead atoms. The van der Waals surface area contributed by atoms with Crippen molar-refractivity contribution >= 4 is 23.2 Å². The average Bonchev–Trinajstić information content (AvgIpc) is 2.89. The van der Waals surface area contributed by atoms with Crippen molar-refractivity contribution < 1.29 is 66.4 Å². The molecule has 1 amide bonds. The monoisotopic (exact) mass is 530 g/mol. The van der Waals surface area contributed by atoms with E-state index in [9.17, 15) is 4.79 Å². The summed E-state index contributed by atoms with van der Waals surface area (Å²) >= 11 is 5.81. The summed E-state index contributed by atoms with van der Waals surface area (Å²) in [6.07, 6.45) is 3.10. The standard InChI is InChI=1S/C9H11ClN2O.C9H11N.C7H15NO.CH3O.K/c1-6-4-7(2-3-8(6)10)12-9(13)5-11;1-2-4-9-7-10-6-5-8(9)3-1;1-2-8-5-3-7(9)4-6-8;1-2;/h2-4H,5,11H2,1H3,(H,12,13);1-4,10H,5-7H2;7,9H,2-6H2,1H3;1H3;/q;;;-1;+1. The predicted octanol–water partition coefficient (Wildman–Crippen LogP) is -0.679. The molecular formula is C26H40ClKN4O3. The number of nitrogens with zero attached hydrogens (tertiary/aromatic N) is 1. The van der Waals surface area contributed by atoms with Crippen LogP contribution in [0.3, 0.4) is 0 Å². The first-order chi connectivity index (χ1) is 16.4. The summed E-state index contributed by atoms with van der Waals surface area (Å²) in [7, 11) is 0.750. The van der Waals surface area contributed by atoms with E-state index in [1.54, 1.807) is 18.2 Å². The van der Waals surface area contributed by atoms with Crippen LogP contribution in [0.4, 0.5) is 5.69 Å². The smallest absolute Gasteiger partial charge is 0.857 e. The Morgan fingerprint density at radius 1 is 1.20 bits per heavy atom. The molecule has 0 atom stereocenters. The van der Waals surface area contributed by atoms with Crippen molar-refractivity contribution in [2.45, 2.75) is 45.8 Å². The van der Waals surface area contributed by atoms with Gasteiger partial charge in [0.15, 0.2) is 0 Å². The van der Waals surface area contributed by atoms with Crippen molar-refractivity contribution in [3.05, 3.63) is 64.2 Å². The van der Waals surface area contributed by atoms with E-state index in [1.165, 1.54) is 17.5 Å². The molecule has 4 rings (SSSR count). The number of amides is 1. The zero-order valence-electron chi connectivity index (χ0n) is 21.6. The number of hydrogen-bond acceptors (Lipinski definition) is 6. The molecule has 0 spiro atoms. The van der Waals surface area contributed by atoms with E-state index in [0.29, 0.717) is 5.02 Å². The minimum absolute atomic E-state index is 0. The summed E-state index contributed by atoms with van der Waals surface area (Å²) in [6.45, 7) is 9.51. The van der Waals surface area contributed by atoms with Crippen LogP contribution in [-0.2, 0) is 17.8 Å². The number of likely N-dealkylation sites (tertiary alicyclic amines) is 1. The van der Waals surface area contributed by atoms with Crippen LogP contribution in [-0.4, -0.2) is 61.9 Å². The molecule has 0 radical (unpaired) electrons. The summed E-state index contributed by atoms with van der Waals surface area (Å²) in [5.74, 6) is -0.207. The molecule has 35 heavy (non-hydrogen) atoms. The van der Waals surface area contributed by atoms with Crippen LogP contribution >= 0.6 is 11.6 Å². The van der Waals surface area contributed by atoms with E-state index < -0.39 is 0 Å².